The first-order valence-electron chi connectivity index (χ1n) is 8.51. The third kappa shape index (κ3) is 3.39. The Labute approximate surface area is 155 Å². The normalized spacial score (nSPS) is 10.9. The minimum atomic E-state index is -0.217. The lowest BCUT2D eigenvalue weighted by atomic mass is 10.2. The van der Waals surface area contributed by atoms with Crippen LogP contribution in [0.2, 0.25) is 0 Å². The molecule has 1 amide bonds. The van der Waals surface area contributed by atoms with E-state index in [9.17, 15) is 4.79 Å². The highest BCUT2D eigenvalue weighted by Crippen LogP contribution is 2.26. The fourth-order valence-corrected chi connectivity index (χ4v) is 2.81. The molecule has 2 N–H and O–H groups in total. The van der Waals surface area contributed by atoms with Crippen LogP contribution in [-0.4, -0.2) is 21.3 Å². The lowest BCUT2D eigenvalue weighted by Crippen LogP contribution is -2.12. The molecule has 0 spiro atoms. The zero-order valence-corrected chi connectivity index (χ0v) is 14.9. The van der Waals surface area contributed by atoms with Crippen LogP contribution in [0.25, 0.3) is 10.9 Å². The van der Waals surface area contributed by atoms with E-state index in [-0.39, 0.29) is 5.91 Å². The molecule has 2 aromatic heterocycles. The Morgan fingerprint density at radius 1 is 1.19 bits per heavy atom. The number of aryl methyl sites for hydroxylation is 2. The molecule has 0 aliphatic carbocycles. The number of aromatic amines is 1. The van der Waals surface area contributed by atoms with Crippen LogP contribution in [0.5, 0.6) is 5.75 Å². The largest absolute Gasteiger partial charge is 0.489 e. The summed E-state index contributed by atoms with van der Waals surface area (Å²) >= 11 is 0. The molecule has 27 heavy (non-hydrogen) atoms. The van der Waals surface area contributed by atoms with Crippen LogP contribution in [0.15, 0.2) is 53.1 Å². The number of hydrogen-bond donors (Lipinski definition) is 2. The Kier molecular flexibility index (Phi) is 4.33. The van der Waals surface area contributed by atoms with Gasteiger partial charge in [-0.2, -0.15) is 5.10 Å². The number of carbonyl (C=O) groups is 1. The second-order valence-corrected chi connectivity index (χ2v) is 6.19. The Bertz CT molecular complexity index is 1080. The minimum absolute atomic E-state index is 0.217. The van der Waals surface area contributed by atoms with Gasteiger partial charge in [-0.1, -0.05) is 23.4 Å². The van der Waals surface area contributed by atoms with Crippen LogP contribution in [0.1, 0.15) is 27.4 Å². The summed E-state index contributed by atoms with van der Waals surface area (Å²) in [6.45, 7) is 4.09. The average Bonchev–Trinajstić information content (AvgIpc) is 3.23. The van der Waals surface area contributed by atoms with E-state index in [1.165, 1.54) is 0 Å². The van der Waals surface area contributed by atoms with Crippen molar-refractivity contribution in [2.45, 2.75) is 20.5 Å². The van der Waals surface area contributed by atoms with Gasteiger partial charge in [-0.05, 0) is 44.2 Å². The molecular formula is C20H18N4O3. The third-order valence-electron chi connectivity index (χ3n) is 4.37. The van der Waals surface area contributed by atoms with Gasteiger partial charge in [-0.15, -0.1) is 0 Å². The van der Waals surface area contributed by atoms with E-state index in [0.717, 1.165) is 27.9 Å². The van der Waals surface area contributed by atoms with Gasteiger partial charge in [0, 0.05) is 10.9 Å². The summed E-state index contributed by atoms with van der Waals surface area (Å²) < 4.78 is 11.0. The molecule has 0 aliphatic heterocycles. The van der Waals surface area contributed by atoms with Crippen molar-refractivity contribution in [2.75, 3.05) is 5.32 Å². The van der Waals surface area contributed by atoms with Crippen LogP contribution in [0.4, 0.5) is 5.82 Å². The highest BCUT2D eigenvalue weighted by molar-refractivity contribution is 6.07. The first-order chi connectivity index (χ1) is 13.1. The summed E-state index contributed by atoms with van der Waals surface area (Å²) in [5.74, 6) is 1.65. The fourth-order valence-electron chi connectivity index (χ4n) is 2.81. The van der Waals surface area contributed by atoms with E-state index in [4.69, 9.17) is 9.26 Å². The number of benzene rings is 2. The molecule has 0 atom stereocenters. The van der Waals surface area contributed by atoms with Gasteiger partial charge in [0.2, 0.25) is 0 Å². The van der Waals surface area contributed by atoms with Gasteiger partial charge in [0.15, 0.2) is 5.82 Å². The molecular weight excluding hydrogens is 344 g/mol. The molecule has 0 radical (unpaired) electrons. The highest BCUT2D eigenvalue weighted by Gasteiger charge is 2.13. The van der Waals surface area contributed by atoms with Crippen LogP contribution in [0.3, 0.4) is 0 Å². The van der Waals surface area contributed by atoms with Crippen molar-refractivity contribution in [1.29, 1.82) is 0 Å². The maximum atomic E-state index is 12.4. The molecule has 136 valence electrons. The summed E-state index contributed by atoms with van der Waals surface area (Å²) in [5, 5.41) is 14.7. The summed E-state index contributed by atoms with van der Waals surface area (Å²) in [6, 6.07) is 14.6. The zero-order chi connectivity index (χ0) is 18.8. The maximum absolute atomic E-state index is 12.4. The Balaban J connectivity index is 1.55. The number of rotatable bonds is 5. The van der Waals surface area contributed by atoms with Crippen LogP contribution in [0, 0.1) is 13.8 Å². The molecule has 0 unspecified atom stereocenters. The molecule has 0 saturated heterocycles. The van der Waals surface area contributed by atoms with Crippen LogP contribution < -0.4 is 10.1 Å². The smallest absolute Gasteiger partial charge is 0.256 e. The second kappa shape index (κ2) is 6.95. The summed E-state index contributed by atoms with van der Waals surface area (Å²) in [4.78, 5) is 12.4. The number of nitrogens with zero attached hydrogens (tertiary/aromatic N) is 2. The van der Waals surface area contributed by atoms with E-state index in [1.807, 2.05) is 50.2 Å². The van der Waals surface area contributed by atoms with Gasteiger partial charge >= 0.3 is 0 Å². The number of fused-ring (bicyclic) bond motifs is 1. The van der Waals surface area contributed by atoms with Gasteiger partial charge < -0.3 is 14.6 Å². The number of nitrogens with one attached hydrogen (secondary N) is 2. The van der Waals surface area contributed by atoms with Crippen LogP contribution >= 0.6 is 0 Å². The molecule has 0 aliphatic rings. The third-order valence-corrected chi connectivity index (χ3v) is 4.37. The number of ether oxygens (including phenoxy) is 1. The van der Waals surface area contributed by atoms with Crippen molar-refractivity contribution >= 4 is 22.6 Å². The Hall–Kier alpha value is -3.61. The Morgan fingerprint density at radius 3 is 2.74 bits per heavy atom. The fraction of sp³-hybridized carbons (Fsp3) is 0.150. The highest BCUT2D eigenvalue weighted by atomic mass is 16.5. The van der Waals surface area contributed by atoms with Crippen molar-refractivity contribution < 1.29 is 14.1 Å². The summed E-state index contributed by atoms with van der Waals surface area (Å²) in [7, 11) is 0. The minimum Gasteiger partial charge on any atom is -0.489 e. The predicted molar refractivity (Wildman–Crippen MR) is 101 cm³/mol. The lowest BCUT2D eigenvalue weighted by molar-refractivity contribution is 0.102. The quantitative estimate of drug-likeness (QED) is 0.560. The molecule has 4 rings (SSSR count). The predicted octanol–water partition coefficient (Wildman–Crippen LogP) is 4.00. The standard InChI is InChI=1S/C20H18N4O3/c1-12-17(13(2)27-24-12)11-26-15-8-9-18-16(10-15)19(23-22-18)21-20(25)14-6-4-3-5-7-14/h3-10H,11H2,1-2H3,(H2,21,22,23,25). The number of aromatic nitrogens is 3. The van der Waals surface area contributed by atoms with E-state index in [2.05, 4.69) is 20.7 Å². The van der Waals surface area contributed by atoms with Gasteiger partial charge in [0.25, 0.3) is 5.91 Å². The van der Waals surface area contributed by atoms with E-state index >= 15 is 0 Å². The number of carbonyl (C=O) groups excluding carboxylic acids is 1. The molecule has 2 aromatic carbocycles. The molecule has 2 heterocycles. The van der Waals surface area contributed by atoms with Crippen molar-refractivity contribution in [2.24, 2.45) is 0 Å². The van der Waals surface area contributed by atoms with Crippen LogP contribution in [-0.2, 0) is 6.61 Å². The van der Waals surface area contributed by atoms with E-state index < -0.39 is 0 Å². The SMILES string of the molecule is Cc1noc(C)c1COc1ccc2[nH]nc(NC(=O)c3ccccc3)c2c1. The molecule has 0 bridgehead atoms. The molecule has 4 aromatic rings. The second-order valence-electron chi connectivity index (χ2n) is 6.19. The van der Waals surface area contributed by atoms with Gasteiger partial charge in [0.05, 0.1) is 16.8 Å². The van der Waals surface area contributed by atoms with Gasteiger partial charge in [-0.3, -0.25) is 9.89 Å². The van der Waals surface area contributed by atoms with Crippen molar-refractivity contribution in [3.63, 3.8) is 0 Å². The average molecular weight is 362 g/mol. The van der Waals surface area contributed by atoms with Gasteiger partial charge in [0.1, 0.15) is 18.1 Å². The first-order valence-corrected chi connectivity index (χ1v) is 8.51. The first kappa shape index (κ1) is 16.8. The zero-order valence-electron chi connectivity index (χ0n) is 14.9. The summed E-state index contributed by atoms with van der Waals surface area (Å²) in [5.41, 5.74) is 3.12. The molecule has 0 fully saturated rings. The number of hydrogen-bond acceptors (Lipinski definition) is 5. The monoisotopic (exact) mass is 362 g/mol. The number of H-pyrrole nitrogens is 1. The molecule has 7 heteroatoms. The molecule has 7 nitrogen and oxygen atoms in total. The van der Waals surface area contributed by atoms with Crippen molar-refractivity contribution in [1.82, 2.24) is 15.4 Å². The van der Waals surface area contributed by atoms with Crippen molar-refractivity contribution in [3.05, 3.63) is 71.1 Å². The topological polar surface area (TPSA) is 93.0 Å². The van der Waals surface area contributed by atoms with E-state index in [1.54, 1.807) is 12.1 Å². The van der Waals surface area contributed by atoms with E-state index in [0.29, 0.717) is 23.7 Å². The maximum Gasteiger partial charge on any atom is 0.256 e. The number of amides is 1. The summed E-state index contributed by atoms with van der Waals surface area (Å²) in [6.07, 6.45) is 0. The van der Waals surface area contributed by atoms with Gasteiger partial charge in [-0.25, -0.2) is 0 Å². The lowest BCUT2D eigenvalue weighted by Gasteiger charge is -2.07. The molecule has 0 saturated carbocycles. The Morgan fingerprint density at radius 2 is 2.00 bits per heavy atom. The van der Waals surface area contributed by atoms with Crippen molar-refractivity contribution in [3.8, 4) is 5.75 Å². The number of anilines is 1.